The van der Waals surface area contributed by atoms with Crippen LogP contribution in [0.25, 0.3) is 0 Å². The number of amides is 1. The van der Waals surface area contributed by atoms with Crippen LogP contribution in [0.2, 0.25) is 0 Å². The van der Waals surface area contributed by atoms with Crippen molar-refractivity contribution in [2.45, 2.75) is 44.4 Å². The molecular weight excluding hydrogens is 356 g/mol. The Morgan fingerprint density at radius 3 is 2.52 bits per heavy atom. The number of unbranched alkanes of at least 4 members (excludes halogenated alkanes) is 3. The number of carbonyl (C=O) groups is 1. The van der Waals surface area contributed by atoms with Crippen LogP contribution in [-0.2, 0) is 10.0 Å². The fourth-order valence-electron chi connectivity index (χ4n) is 1.93. The van der Waals surface area contributed by atoms with Crippen LogP contribution in [0.5, 0.6) is 0 Å². The maximum atomic E-state index is 12.1. The van der Waals surface area contributed by atoms with Crippen molar-refractivity contribution in [1.29, 1.82) is 0 Å². The van der Waals surface area contributed by atoms with E-state index in [1.807, 2.05) is 0 Å². The van der Waals surface area contributed by atoms with Crippen molar-refractivity contribution in [3.05, 3.63) is 27.7 Å². The van der Waals surface area contributed by atoms with E-state index in [0.29, 0.717) is 22.1 Å². The monoisotopic (exact) mass is 376 g/mol. The van der Waals surface area contributed by atoms with Crippen LogP contribution >= 0.6 is 15.9 Å². The number of nitrogens with one attached hydrogen (secondary N) is 1. The molecule has 1 aromatic carbocycles. The standard InChI is InChI=1S/C14H21BrN2O3S/c1-3-4-5-6-7-17-14(18)11-8-10(2)13(15)12(9-11)21(16,19)20/h8-9H,3-7H2,1-2H3,(H,17,18)(H2,16,19,20). The highest BCUT2D eigenvalue weighted by Crippen LogP contribution is 2.26. The van der Waals surface area contributed by atoms with E-state index in [9.17, 15) is 13.2 Å². The predicted octanol–water partition coefficient (Wildman–Crippen LogP) is 2.72. The topological polar surface area (TPSA) is 89.3 Å². The molecule has 3 N–H and O–H groups in total. The highest BCUT2D eigenvalue weighted by atomic mass is 79.9. The van der Waals surface area contributed by atoms with Crippen molar-refractivity contribution in [2.24, 2.45) is 5.14 Å². The van der Waals surface area contributed by atoms with Crippen LogP contribution < -0.4 is 10.5 Å². The number of benzene rings is 1. The van der Waals surface area contributed by atoms with E-state index in [1.165, 1.54) is 6.07 Å². The number of rotatable bonds is 7. The lowest BCUT2D eigenvalue weighted by molar-refractivity contribution is 0.0952. The number of aryl methyl sites for hydroxylation is 1. The molecule has 118 valence electrons. The molecule has 0 aliphatic rings. The number of sulfonamides is 1. The van der Waals surface area contributed by atoms with Gasteiger partial charge in [0, 0.05) is 16.6 Å². The molecule has 0 fully saturated rings. The molecule has 0 aliphatic carbocycles. The molecule has 7 heteroatoms. The number of carbonyl (C=O) groups excluding carboxylic acids is 1. The quantitative estimate of drug-likeness (QED) is 0.716. The van der Waals surface area contributed by atoms with Gasteiger partial charge in [-0.3, -0.25) is 4.79 Å². The van der Waals surface area contributed by atoms with E-state index in [4.69, 9.17) is 5.14 Å². The predicted molar refractivity (Wildman–Crippen MR) is 86.7 cm³/mol. The smallest absolute Gasteiger partial charge is 0.251 e. The van der Waals surface area contributed by atoms with E-state index in [0.717, 1.165) is 25.7 Å². The molecule has 0 saturated carbocycles. The molecule has 5 nitrogen and oxygen atoms in total. The van der Waals surface area contributed by atoms with Gasteiger partial charge in [-0.15, -0.1) is 0 Å². The summed E-state index contributed by atoms with van der Waals surface area (Å²) in [5.41, 5.74) is 0.952. The summed E-state index contributed by atoms with van der Waals surface area (Å²) >= 11 is 3.19. The van der Waals surface area contributed by atoms with Gasteiger partial charge in [0.05, 0.1) is 4.90 Å². The van der Waals surface area contributed by atoms with Gasteiger partial charge < -0.3 is 5.32 Å². The Morgan fingerprint density at radius 2 is 1.95 bits per heavy atom. The maximum Gasteiger partial charge on any atom is 0.251 e. The fourth-order valence-corrected chi connectivity index (χ4v) is 3.54. The molecular formula is C14H21BrN2O3S. The summed E-state index contributed by atoms with van der Waals surface area (Å²) in [6, 6.07) is 2.94. The summed E-state index contributed by atoms with van der Waals surface area (Å²) in [7, 11) is -3.87. The minimum Gasteiger partial charge on any atom is -0.352 e. The van der Waals surface area contributed by atoms with Crippen molar-refractivity contribution in [1.82, 2.24) is 5.32 Å². The van der Waals surface area contributed by atoms with Crippen LogP contribution in [0.1, 0.15) is 48.5 Å². The lowest BCUT2D eigenvalue weighted by Crippen LogP contribution is -2.25. The third-order valence-electron chi connectivity index (χ3n) is 3.11. The minimum absolute atomic E-state index is 0.0707. The van der Waals surface area contributed by atoms with E-state index in [2.05, 4.69) is 28.2 Å². The zero-order valence-corrected chi connectivity index (χ0v) is 14.7. The van der Waals surface area contributed by atoms with Gasteiger partial charge in [-0.25, -0.2) is 13.6 Å². The first-order chi connectivity index (χ1) is 9.77. The Balaban J connectivity index is 2.84. The fraction of sp³-hybridized carbons (Fsp3) is 0.500. The van der Waals surface area contributed by atoms with Crippen LogP contribution in [0.3, 0.4) is 0 Å². The first-order valence-electron chi connectivity index (χ1n) is 6.88. The Hall–Kier alpha value is -0.920. The highest BCUT2D eigenvalue weighted by Gasteiger charge is 2.18. The van der Waals surface area contributed by atoms with Crippen molar-refractivity contribution in [2.75, 3.05) is 6.54 Å². The normalized spacial score (nSPS) is 11.4. The molecule has 1 aromatic rings. The molecule has 0 aliphatic heterocycles. The van der Waals surface area contributed by atoms with E-state index < -0.39 is 10.0 Å². The van der Waals surface area contributed by atoms with E-state index >= 15 is 0 Å². The molecule has 0 bridgehead atoms. The van der Waals surface area contributed by atoms with E-state index in [1.54, 1.807) is 13.0 Å². The Kier molecular flexibility index (Phi) is 6.83. The largest absolute Gasteiger partial charge is 0.352 e. The Labute approximate surface area is 134 Å². The summed E-state index contributed by atoms with van der Waals surface area (Å²) in [4.78, 5) is 12.0. The second-order valence-corrected chi connectivity index (χ2v) is 7.29. The van der Waals surface area contributed by atoms with Gasteiger partial charge in [-0.1, -0.05) is 26.2 Å². The van der Waals surface area contributed by atoms with E-state index in [-0.39, 0.29) is 10.8 Å². The summed E-state index contributed by atoms with van der Waals surface area (Å²) in [6.07, 6.45) is 4.26. The number of hydrogen-bond donors (Lipinski definition) is 2. The van der Waals surface area contributed by atoms with Gasteiger partial charge in [-0.2, -0.15) is 0 Å². The van der Waals surface area contributed by atoms with Crippen molar-refractivity contribution in [3.63, 3.8) is 0 Å². The third kappa shape index (κ3) is 5.41. The molecule has 0 spiro atoms. The van der Waals surface area contributed by atoms with Gasteiger partial charge >= 0.3 is 0 Å². The van der Waals surface area contributed by atoms with Gasteiger partial charge in [0.1, 0.15) is 0 Å². The van der Waals surface area contributed by atoms with Crippen LogP contribution in [-0.4, -0.2) is 20.9 Å². The van der Waals surface area contributed by atoms with Crippen LogP contribution in [0.15, 0.2) is 21.5 Å². The van der Waals surface area contributed by atoms with Crippen molar-refractivity contribution in [3.8, 4) is 0 Å². The maximum absolute atomic E-state index is 12.1. The summed E-state index contributed by atoms with van der Waals surface area (Å²) < 4.78 is 23.5. The molecule has 0 radical (unpaired) electrons. The molecule has 0 heterocycles. The average Bonchev–Trinajstić information content (AvgIpc) is 2.39. The average molecular weight is 377 g/mol. The lowest BCUT2D eigenvalue weighted by atomic mass is 10.1. The molecule has 0 atom stereocenters. The first kappa shape index (κ1) is 18.1. The zero-order chi connectivity index (χ0) is 16.0. The Morgan fingerprint density at radius 1 is 1.29 bits per heavy atom. The molecule has 0 unspecified atom stereocenters. The zero-order valence-electron chi connectivity index (χ0n) is 12.3. The summed E-state index contributed by atoms with van der Waals surface area (Å²) in [6.45, 7) is 4.42. The SMILES string of the molecule is CCCCCCNC(=O)c1cc(C)c(Br)c(S(N)(=O)=O)c1. The third-order valence-corrected chi connectivity index (χ3v) is 5.36. The second kappa shape index (κ2) is 7.91. The van der Waals surface area contributed by atoms with Crippen molar-refractivity contribution >= 4 is 31.9 Å². The lowest BCUT2D eigenvalue weighted by Gasteiger charge is -2.10. The number of nitrogens with two attached hydrogens (primary N) is 1. The summed E-state index contributed by atoms with van der Waals surface area (Å²) in [5, 5.41) is 7.95. The summed E-state index contributed by atoms with van der Waals surface area (Å²) in [5.74, 6) is -0.285. The molecule has 1 rings (SSSR count). The van der Waals surface area contributed by atoms with Gasteiger partial charge in [-0.05, 0) is 47.0 Å². The molecule has 21 heavy (non-hydrogen) atoms. The molecule has 1 amide bonds. The molecule has 0 saturated heterocycles. The van der Waals surface area contributed by atoms with Gasteiger partial charge in [0.25, 0.3) is 5.91 Å². The number of primary sulfonamides is 1. The van der Waals surface area contributed by atoms with Crippen molar-refractivity contribution < 1.29 is 13.2 Å². The van der Waals surface area contributed by atoms with Gasteiger partial charge in [0.15, 0.2) is 0 Å². The Bertz CT molecular complexity index is 615. The van der Waals surface area contributed by atoms with Gasteiger partial charge in [0.2, 0.25) is 10.0 Å². The van der Waals surface area contributed by atoms with Crippen LogP contribution in [0.4, 0.5) is 0 Å². The number of halogens is 1. The second-order valence-electron chi connectivity index (χ2n) is 4.97. The molecule has 0 aromatic heterocycles. The number of hydrogen-bond acceptors (Lipinski definition) is 3. The first-order valence-corrected chi connectivity index (χ1v) is 9.22. The minimum atomic E-state index is -3.87. The van der Waals surface area contributed by atoms with Crippen LogP contribution in [0, 0.1) is 6.92 Å². The highest BCUT2D eigenvalue weighted by molar-refractivity contribution is 9.10.